The predicted molar refractivity (Wildman–Crippen MR) is 158 cm³/mol. The lowest BCUT2D eigenvalue weighted by molar-refractivity contribution is -0.144. The van der Waals surface area contributed by atoms with Crippen molar-refractivity contribution in [3.63, 3.8) is 0 Å². The van der Waals surface area contributed by atoms with Crippen molar-refractivity contribution in [3.05, 3.63) is 47.3 Å². The number of hydrogen-bond donors (Lipinski definition) is 4. The molecular weight excluding hydrogens is 525 g/mol. The van der Waals surface area contributed by atoms with E-state index in [2.05, 4.69) is 20.9 Å². The molecule has 11 nitrogen and oxygen atoms in total. The second-order valence-corrected chi connectivity index (χ2v) is 12.5. The lowest BCUT2D eigenvalue weighted by Crippen LogP contribution is -2.56. The van der Waals surface area contributed by atoms with E-state index >= 15 is 0 Å². The van der Waals surface area contributed by atoms with Crippen LogP contribution in [0.2, 0.25) is 0 Å². The summed E-state index contributed by atoms with van der Waals surface area (Å²) < 4.78 is 7.05. The van der Waals surface area contributed by atoms with Crippen molar-refractivity contribution in [1.29, 1.82) is 0 Å². The Hall–Kier alpha value is -3.38. The summed E-state index contributed by atoms with van der Waals surface area (Å²) in [5.41, 5.74) is 0.845. The van der Waals surface area contributed by atoms with E-state index in [4.69, 9.17) is 9.57 Å². The molecule has 224 valence electrons. The molecular formula is C29H44BN5O6. The molecule has 2 atom stereocenters. The Labute approximate surface area is 242 Å². The van der Waals surface area contributed by atoms with Crippen LogP contribution < -0.4 is 15.4 Å². The molecule has 0 radical (unpaired) electrons. The van der Waals surface area contributed by atoms with Crippen LogP contribution in [-0.2, 0) is 21.5 Å². The van der Waals surface area contributed by atoms with Crippen molar-refractivity contribution >= 4 is 24.6 Å². The number of nitrogens with one attached hydrogen (secondary N) is 2. The number of carbonyl (C=O) groups is 2. The zero-order chi connectivity index (χ0) is 30.5. The molecule has 2 amide bonds. The first-order chi connectivity index (χ1) is 19.1. The largest absolute Gasteiger partial charge is 0.497 e. The van der Waals surface area contributed by atoms with E-state index in [0.717, 1.165) is 11.3 Å². The molecule has 1 aromatic carbocycles. The summed E-state index contributed by atoms with van der Waals surface area (Å²) in [5.74, 6) is -0.966. The van der Waals surface area contributed by atoms with Crippen LogP contribution in [0.15, 0.2) is 35.5 Å². The summed E-state index contributed by atoms with van der Waals surface area (Å²) in [5, 5.41) is 34.3. The van der Waals surface area contributed by atoms with Gasteiger partial charge in [0.2, 0.25) is 5.60 Å². The molecule has 1 aliphatic heterocycles. The normalized spacial score (nSPS) is 17.7. The fraction of sp³-hybridized carbons (Fsp3) is 0.586. The van der Waals surface area contributed by atoms with Crippen LogP contribution in [0.3, 0.4) is 0 Å². The van der Waals surface area contributed by atoms with Crippen LogP contribution in [0.25, 0.3) is 0 Å². The quantitative estimate of drug-likeness (QED) is 0.288. The number of nitrogens with zero attached hydrogens (tertiary/aromatic N) is 3. The Balaban J connectivity index is 1.80. The third kappa shape index (κ3) is 8.10. The molecule has 41 heavy (non-hydrogen) atoms. The highest BCUT2D eigenvalue weighted by molar-refractivity contribution is 6.43. The Bertz CT molecular complexity index is 1250. The Morgan fingerprint density at radius 1 is 1.20 bits per heavy atom. The molecule has 2 aromatic rings. The number of oxime groups is 1. The SMILES string of the molecule is COc1cccc(CC2(C(=O)NC(CC(C)C)B(O)O)CC(CNC(=O)c3cc(C(C)(C)C)nn3C(C)C)=NO2)c1. The van der Waals surface area contributed by atoms with Crippen molar-refractivity contribution < 1.29 is 29.2 Å². The van der Waals surface area contributed by atoms with Gasteiger partial charge in [0.25, 0.3) is 11.8 Å². The maximum absolute atomic E-state index is 13.7. The zero-order valence-corrected chi connectivity index (χ0v) is 25.4. The number of aromatic nitrogens is 2. The van der Waals surface area contributed by atoms with Gasteiger partial charge in [-0.05, 0) is 49.9 Å². The van der Waals surface area contributed by atoms with E-state index in [1.165, 1.54) is 0 Å². The van der Waals surface area contributed by atoms with Gasteiger partial charge in [0, 0.05) is 24.3 Å². The smallest absolute Gasteiger partial charge is 0.475 e. The number of ether oxygens (including phenoxy) is 1. The fourth-order valence-corrected chi connectivity index (χ4v) is 4.71. The first-order valence-corrected chi connectivity index (χ1v) is 14.1. The van der Waals surface area contributed by atoms with Crippen LogP contribution in [0, 0.1) is 5.92 Å². The van der Waals surface area contributed by atoms with E-state index in [9.17, 15) is 19.6 Å². The minimum absolute atomic E-state index is 0.0149. The van der Waals surface area contributed by atoms with Gasteiger partial charge in [0.15, 0.2) is 0 Å². The number of carbonyl (C=O) groups excluding carboxylic acids is 2. The predicted octanol–water partition coefficient (Wildman–Crippen LogP) is 2.80. The van der Waals surface area contributed by atoms with Gasteiger partial charge in [-0.25, -0.2) is 0 Å². The van der Waals surface area contributed by atoms with Gasteiger partial charge in [0.05, 0.1) is 31.0 Å². The Morgan fingerprint density at radius 2 is 1.90 bits per heavy atom. The van der Waals surface area contributed by atoms with Gasteiger partial charge < -0.3 is 30.3 Å². The van der Waals surface area contributed by atoms with Gasteiger partial charge in [-0.3, -0.25) is 14.3 Å². The molecule has 3 rings (SSSR count). The molecule has 1 aliphatic rings. The summed E-state index contributed by atoms with van der Waals surface area (Å²) in [6.45, 7) is 14.0. The fourth-order valence-electron chi connectivity index (χ4n) is 4.71. The maximum atomic E-state index is 13.7. The number of rotatable bonds is 12. The van der Waals surface area contributed by atoms with E-state index in [1.54, 1.807) is 23.9 Å². The first kappa shape index (κ1) is 32.1. The van der Waals surface area contributed by atoms with E-state index in [0.29, 0.717) is 23.6 Å². The lowest BCUT2D eigenvalue weighted by Gasteiger charge is -2.29. The van der Waals surface area contributed by atoms with Crippen LogP contribution in [0.4, 0.5) is 0 Å². The van der Waals surface area contributed by atoms with Gasteiger partial charge in [-0.15, -0.1) is 0 Å². The topological polar surface area (TPSA) is 147 Å². The highest BCUT2D eigenvalue weighted by Crippen LogP contribution is 2.31. The Morgan fingerprint density at radius 3 is 2.49 bits per heavy atom. The standard InChI is InChI=1S/C29H44BN5O6/c1-18(2)12-25(30(38)39)32-27(37)29(15-20-10-9-11-22(13-20)40-8)16-21(34-41-29)17-31-26(36)23-14-24(28(5,6)7)33-35(23)19(3)4/h9-11,13-14,18-19,25,38-39H,12,15-17H2,1-8H3,(H,31,36)(H,32,37). The molecule has 0 bridgehead atoms. The molecule has 0 aliphatic carbocycles. The molecule has 2 unspecified atom stereocenters. The van der Waals surface area contributed by atoms with E-state index in [-0.39, 0.29) is 42.7 Å². The minimum atomic E-state index is -1.74. The van der Waals surface area contributed by atoms with Crippen LogP contribution in [0.1, 0.15) is 89.1 Å². The zero-order valence-electron chi connectivity index (χ0n) is 25.4. The number of methoxy groups -OCH3 is 1. The summed E-state index contributed by atoms with van der Waals surface area (Å²) in [7, 11) is -0.174. The molecule has 4 N–H and O–H groups in total. The third-order valence-electron chi connectivity index (χ3n) is 6.96. The highest BCUT2D eigenvalue weighted by atomic mass is 16.7. The van der Waals surface area contributed by atoms with Crippen molar-refractivity contribution in [2.45, 2.75) is 90.7 Å². The van der Waals surface area contributed by atoms with E-state index < -0.39 is 24.6 Å². The second kappa shape index (κ2) is 13.1. The third-order valence-corrected chi connectivity index (χ3v) is 6.96. The van der Waals surface area contributed by atoms with Crippen molar-refractivity contribution in [1.82, 2.24) is 20.4 Å². The molecule has 0 spiro atoms. The minimum Gasteiger partial charge on any atom is -0.497 e. The van der Waals surface area contributed by atoms with Crippen molar-refractivity contribution in [2.75, 3.05) is 13.7 Å². The molecule has 0 fully saturated rings. The summed E-state index contributed by atoms with van der Waals surface area (Å²) >= 11 is 0. The second-order valence-electron chi connectivity index (χ2n) is 12.5. The van der Waals surface area contributed by atoms with E-state index in [1.807, 2.05) is 66.7 Å². The molecule has 0 saturated carbocycles. The van der Waals surface area contributed by atoms with Crippen LogP contribution in [-0.4, -0.2) is 69.7 Å². The molecule has 2 heterocycles. The number of amides is 2. The molecule has 1 aromatic heterocycles. The lowest BCUT2D eigenvalue weighted by atomic mass is 9.74. The number of hydrogen-bond acceptors (Lipinski definition) is 8. The van der Waals surface area contributed by atoms with Crippen molar-refractivity contribution in [2.24, 2.45) is 11.1 Å². The molecule has 12 heteroatoms. The molecule has 0 saturated heterocycles. The average molecular weight is 570 g/mol. The van der Waals surface area contributed by atoms with Gasteiger partial charge in [0.1, 0.15) is 11.4 Å². The van der Waals surface area contributed by atoms with Crippen LogP contribution in [0.5, 0.6) is 5.75 Å². The first-order valence-electron chi connectivity index (χ1n) is 14.1. The van der Waals surface area contributed by atoms with Crippen LogP contribution >= 0.6 is 0 Å². The summed E-state index contributed by atoms with van der Waals surface area (Å²) in [6.07, 6.45) is 0.618. The summed E-state index contributed by atoms with van der Waals surface area (Å²) in [4.78, 5) is 32.7. The number of benzene rings is 1. The Kier molecular flexibility index (Phi) is 10.3. The van der Waals surface area contributed by atoms with Crippen molar-refractivity contribution in [3.8, 4) is 5.75 Å². The highest BCUT2D eigenvalue weighted by Gasteiger charge is 2.48. The van der Waals surface area contributed by atoms with Gasteiger partial charge in [-0.1, -0.05) is 51.9 Å². The monoisotopic (exact) mass is 569 g/mol. The summed E-state index contributed by atoms with van der Waals surface area (Å²) in [6, 6.07) is 9.07. The average Bonchev–Trinajstić information content (AvgIpc) is 3.53. The van der Waals surface area contributed by atoms with Gasteiger partial charge >= 0.3 is 7.12 Å². The van der Waals surface area contributed by atoms with Gasteiger partial charge in [-0.2, -0.15) is 5.10 Å². The maximum Gasteiger partial charge on any atom is 0.475 e.